The van der Waals surface area contributed by atoms with E-state index in [4.69, 9.17) is 0 Å². The fraction of sp³-hybridized carbons (Fsp3) is 0.625. The molecule has 2 aliphatic rings. The second kappa shape index (κ2) is 5.54. The van der Waals surface area contributed by atoms with Gasteiger partial charge in [-0.1, -0.05) is 12.8 Å². The van der Waals surface area contributed by atoms with Gasteiger partial charge in [-0.05, 0) is 43.6 Å². The summed E-state index contributed by atoms with van der Waals surface area (Å²) in [4.78, 5) is 11.4. The maximum absolute atomic E-state index is 10.3. The molecule has 0 spiro atoms. The molecule has 5 heteroatoms. The molecule has 2 aromatic rings. The van der Waals surface area contributed by atoms with E-state index in [-0.39, 0.29) is 6.10 Å². The number of fused-ring (bicyclic) bond motifs is 3. The second-order valence-corrected chi connectivity index (χ2v) is 7.34. The smallest absolute Gasteiger partial charge is 0.138 e. The summed E-state index contributed by atoms with van der Waals surface area (Å²) in [6.45, 7) is 0.599. The van der Waals surface area contributed by atoms with E-state index in [9.17, 15) is 5.11 Å². The highest BCUT2D eigenvalue weighted by molar-refractivity contribution is 7.19. The van der Waals surface area contributed by atoms with Gasteiger partial charge in [0.2, 0.25) is 0 Å². The highest BCUT2D eigenvalue weighted by Gasteiger charge is 2.24. The molecule has 1 atom stereocenters. The molecule has 4 nitrogen and oxygen atoms in total. The lowest BCUT2D eigenvalue weighted by atomic mass is 10.0. The summed E-state index contributed by atoms with van der Waals surface area (Å²) >= 11 is 1.81. The van der Waals surface area contributed by atoms with Crippen molar-refractivity contribution in [1.29, 1.82) is 0 Å². The maximum Gasteiger partial charge on any atom is 0.138 e. The van der Waals surface area contributed by atoms with Gasteiger partial charge < -0.3 is 10.4 Å². The van der Waals surface area contributed by atoms with Gasteiger partial charge in [0.15, 0.2) is 0 Å². The van der Waals surface area contributed by atoms with Crippen LogP contribution in [0, 0.1) is 5.92 Å². The highest BCUT2D eigenvalue weighted by Crippen LogP contribution is 2.39. The van der Waals surface area contributed by atoms with Crippen LogP contribution in [0.1, 0.15) is 42.5 Å². The van der Waals surface area contributed by atoms with Crippen molar-refractivity contribution in [2.75, 3.05) is 11.9 Å². The van der Waals surface area contributed by atoms with Crippen molar-refractivity contribution in [2.24, 2.45) is 5.92 Å². The normalized spacial score (nSPS) is 20.0. The van der Waals surface area contributed by atoms with Crippen molar-refractivity contribution in [3.63, 3.8) is 0 Å². The Bertz CT molecular complexity index is 648. The minimum atomic E-state index is -0.260. The summed E-state index contributed by atoms with van der Waals surface area (Å²) in [6.07, 6.45) is 9.79. The zero-order valence-corrected chi connectivity index (χ0v) is 13.0. The number of aryl methyl sites for hydroxylation is 2. The topological polar surface area (TPSA) is 58.0 Å². The first-order chi connectivity index (χ1) is 10.3. The Kier molecular flexibility index (Phi) is 3.55. The monoisotopic (exact) mass is 303 g/mol. The van der Waals surface area contributed by atoms with Crippen molar-refractivity contribution in [1.82, 2.24) is 9.97 Å². The number of aromatic nitrogens is 2. The fourth-order valence-corrected chi connectivity index (χ4v) is 5.00. The third-order valence-electron chi connectivity index (χ3n) is 4.92. The van der Waals surface area contributed by atoms with Gasteiger partial charge in [0.25, 0.3) is 0 Å². The van der Waals surface area contributed by atoms with E-state index < -0.39 is 0 Å². The number of thiophene rings is 1. The molecule has 0 saturated heterocycles. The molecular weight excluding hydrogens is 282 g/mol. The SMILES string of the molecule is OC(CNc1ncnc2sc3c(c12)CCC3)C1CCCC1. The molecule has 1 saturated carbocycles. The number of rotatable bonds is 4. The van der Waals surface area contributed by atoms with Crippen LogP contribution in [0.5, 0.6) is 0 Å². The zero-order valence-electron chi connectivity index (χ0n) is 12.1. The molecule has 0 aliphatic heterocycles. The van der Waals surface area contributed by atoms with Crippen LogP contribution in [0.4, 0.5) is 5.82 Å². The Hall–Kier alpha value is -1.20. The molecule has 0 aromatic carbocycles. The van der Waals surface area contributed by atoms with Crippen molar-refractivity contribution < 1.29 is 5.11 Å². The summed E-state index contributed by atoms with van der Waals surface area (Å²) in [5.74, 6) is 1.37. The predicted octanol–water partition coefficient (Wildman–Crippen LogP) is 3.14. The molecule has 112 valence electrons. The van der Waals surface area contributed by atoms with Gasteiger partial charge in [-0.25, -0.2) is 9.97 Å². The van der Waals surface area contributed by atoms with Crippen LogP contribution in [0.3, 0.4) is 0 Å². The molecule has 2 aromatic heterocycles. The summed E-state index contributed by atoms with van der Waals surface area (Å²) in [7, 11) is 0. The van der Waals surface area contributed by atoms with E-state index in [0.29, 0.717) is 12.5 Å². The van der Waals surface area contributed by atoms with Crippen LogP contribution in [0.15, 0.2) is 6.33 Å². The molecule has 0 bridgehead atoms. The van der Waals surface area contributed by atoms with Gasteiger partial charge in [-0.15, -0.1) is 11.3 Å². The van der Waals surface area contributed by atoms with Gasteiger partial charge in [0.1, 0.15) is 17.0 Å². The van der Waals surface area contributed by atoms with Crippen molar-refractivity contribution in [3.05, 3.63) is 16.8 Å². The molecule has 0 radical (unpaired) electrons. The van der Waals surface area contributed by atoms with Crippen molar-refractivity contribution >= 4 is 27.4 Å². The van der Waals surface area contributed by atoms with E-state index >= 15 is 0 Å². The van der Waals surface area contributed by atoms with E-state index in [1.807, 2.05) is 0 Å². The zero-order chi connectivity index (χ0) is 14.2. The summed E-state index contributed by atoms with van der Waals surface area (Å²) < 4.78 is 0. The molecule has 2 N–H and O–H groups in total. The Morgan fingerprint density at radius 2 is 2.10 bits per heavy atom. The largest absolute Gasteiger partial charge is 0.391 e. The van der Waals surface area contributed by atoms with Gasteiger partial charge in [0.05, 0.1) is 11.5 Å². The quantitative estimate of drug-likeness (QED) is 0.911. The number of hydrogen-bond acceptors (Lipinski definition) is 5. The highest BCUT2D eigenvalue weighted by atomic mass is 32.1. The first-order valence-electron chi connectivity index (χ1n) is 8.00. The summed E-state index contributed by atoms with van der Waals surface area (Å²) in [5, 5.41) is 14.9. The van der Waals surface area contributed by atoms with Crippen molar-refractivity contribution in [2.45, 2.75) is 51.0 Å². The second-order valence-electron chi connectivity index (χ2n) is 6.25. The van der Waals surface area contributed by atoms with Crippen molar-refractivity contribution in [3.8, 4) is 0 Å². The number of aliphatic hydroxyl groups excluding tert-OH is 1. The molecule has 4 rings (SSSR count). The molecule has 2 aliphatic carbocycles. The van der Waals surface area contributed by atoms with Crippen LogP contribution in [-0.4, -0.2) is 27.7 Å². The summed E-state index contributed by atoms with van der Waals surface area (Å²) in [6, 6.07) is 0. The minimum Gasteiger partial charge on any atom is -0.391 e. The standard InChI is InChI=1S/C16H21N3OS/c20-12(10-4-1-2-5-10)8-17-15-14-11-6-3-7-13(11)21-16(14)19-9-18-15/h9-10,12,20H,1-8H2,(H,17,18,19). The predicted molar refractivity (Wildman–Crippen MR) is 85.9 cm³/mol. The van der Waals surface area contributed by atoms with Crippen LogP contribution in [0.25, 0.3) is 10.2 Å². The van der Waals surface area contributed by atoms with E-state index in [2.05, 4.69) is 15.3 Å². The molecule has 21 heavy (non-hydrogen) atoms. The number of nitrogens with one attached hydrogen (secondary N) is 1. The van der Waals surface area contributed by atoms with Crippen LogP contribution in [0.2, 0.25) is 0 Å². The molecule has 2 heterocycles. The Morgan fingerprint density at radius 3 is 2.95 bits per heavy atom. The molecule has 1 unspecified atom stereocenters. The Balaban J connectivity index is 1.56. The molecular formula is C16H21N3OS. The Morgan fingerprint density at radius 1 is 1.24 bits per heavy atom. The third kappa shape index (κ3) is 2.42. The minimum absolute atomic E-state index is 0.260. The third-order valence-corrected chi connectivity index (χ3v) is 6.12. The van der Waals surface area contributed by atoms with E-state index in [1.165, 1.54) is 41.5 Å². The number of nitrogens with zero attached hydrogens (tertiary/aromatic N) is 2. The van der Waals surface area contributed by atoms with Crippen LogP contribution >= 0.6 is 11.3 Å². The lowest BCUT2D eigenvalue weighted by Crippen LogP contribution is -2.27. The fourth-order valence-electron chi connectivity index (χ4n) is 3.77. The average Bonchev–Trinajstić information content (AvgIpc) is 3.19. The van der Waals surface area contributed by atoms with Gasteiger partial charge in [-0.3, -0.25) is 0 Å². The number of anilines is 1. The van der Waals surface area contributed by atoms with Gasteiger partial charge in [-0.2, -0.15) is 0 Å². The lowest BCUT2D eigenvalue weighted by molar-refractivity contribution is 0.123. The van der Waals surface area contributed by atoms with Crippen LogP contribution in [-0.2, 0) is 12.8 Å². The summed E-state index contributed by atoms with van der Waals surface area (Å²) in [5.41, 5.74) is 1.44. The van der Waals surface area contributed by atoms with E-state index in [0.717, 1.165) is 29.9 Å². The first kappa shape index (κ1) is 13.5. The number of hydrogen-bond donors (Lipinski definition) is 2. The average molecular weight is 303 g/mol. The molecule has 0 amide bonds. The first-order valence-corrected chi connectivity index (χ1v) is 8.82. The van der Waals surface area contributed by atoms with Crippen LogP contribution < -0.4 is 5.32 Å². The molecule has 1 fully saturated rings. The van der Waals surface area contributed by atoms with E-state index in [1.54, 1.807) is 17.7 Å². The lowest BCUT2D eigenvalue weighted by Gasteiger charge is -2.18. The maximum atomic E-state index is 10.3. The Labute approximate surface area is 128 Å². The van der Waals surface area contributed by atoms with Gasteiger partial charge >= 0.3 is 0 Å². The number of aliphatic hydroxyl groups is 1. The van der Waals surface area contributed by atoms with Gasteiger partial charge in [0, 0.05) is 11.4 Å².